The van der Waals surface area contributed by atoms with Crippen LogP contribution < -0.4 is 25.8 Å². The molecule has 0 saturated carbocycles. The van der Waals surface area contributed by atoms with Gasteiger partial charge in [0.2, 0.25) is 11.8 Å². The summed E-state index contributed by atoms with van der Waals surface area (Å²) in [6, 6.07) is 32.0. The first-order valence-corrected chi connectivity index (χ1v) is 35.6. The molecule has 0 spiro atoms. The highest BCUT2D eigenvalue weighted by Crippen LogP contribution is 2.33. The topological polar surface area (TPSA) is 182 Å². The Kier molecular flexibility index (Phi) is 28.9. The van der Waals surface area contributed by atoms with Gasteiger partial charge in [0.1, 0.15) is 28.7 Å². The van der Waals surface area contributed by atoms with Gasteiger partial charge in [0.25, 0.3) is 27.0 Å². The number of nitrogen functional groups attached to an aromatic ring is 1. The summed E-state index contributed by atoms with van der Waals surface area (Å²) >= 11 is 19.5. The van der Waals surface area contributed by atoms with E-state index < -0.39 is 42.7 Å². The van der Waals surface area contributed by atoms with Crippen molar-refractivity contribution >= 4 is 121 Å². The van der Waals surface area contributed by atoms with E-state index in [0.29, 0.717) is 85.9 Å². The Hall–Kier alpha value is -6.47. The molecule has 0 atom stereocenters. The minimum atomic E-state index is -2.63. The first-order valence-electron chi connectivity index (χ1n) is 29.8. The lowest BCUT2D eigenvalue weighted by atomic mass is 9.95. The molecule has 91 heavy (non-hydrogen) atoms. The van der Waals surface area contributed by atoms with E-state index in [9.17, 15) is 36.7 Å². The molecule has 2 heterocycles. The average Bonchev–Trinajstić information content (AvgIpc) is 1.67. The summed E-state index contributed by atoms with van der Waals surface area (Å²) in [4.78, 5) is 59.7. The molecule has 2 aromatic heterocycles. The monoisotopic (exact) mass is 1440 g/mol. The van der Waals surface area contributed by atoms with E-state index in [-0.39, 0.29) is 75.5 Å². The Labute approximate surface area is 562 Å². The van der Waals surface area contributed by atoms with Crippen LogP contribution in [0.1, 0.15) is 122 Å². The van der Waals surface area contributed by atoms with Gasteiger partial charge in [0.15, 0.2) is 5.78 Å². The molecule has 23 heteroatoms. The maximum absolute atomic E-state index is 13.8. The number of anilines is 1. The summed E-state index contributed by atoms with van der Waals surface area (Å²) < 4.78 is 76.2. The zero-order valence-electron chi connectivity index (χ0n) is 53.4. The van der Waals surface area contributed by atoms with E-state index >= 15 is 0 Å². The van der Waals surface area contributed by atoms with E-state index in [4.69, 9.17) is 43.1 Å². The van der Waals surface area contributed by atoms with Crippen LogP contribution in [0.3, 0.4) is 0 Å². The molecule has 0 unspecified atom stereocenters. The summed E-state index contributed by atoms with van der Waals surface area (Å²) in [5, 5.41) is 6.71. The number of hydrogen-bond acceptors (Lipinski definition) is 10. The number of carbonyl (C=O) groups excluding carboxylic acids is 4. The van der Waals surface area contributed by atoms with Crippen molar-refractivity contribution in [1.29, 1.82) is 0 Å². The van der Waals surface area contributed by atoms with Crippen LogP contribution in [0.4, 0.5) is 23.2 Å². The standard InChI is InChI=1S/C32H33BrClF2N3O3.C27H32ClF2N3O4.C6H6BrN.3CH3.Al/c1-5-42-28-16-26-25(15-23(28)27(40)13-19-6-9-22(33)10-7-19)38-30(39(26)18-29(35)36)14-21-12-20(8-11-24(21)34)17-37-31(41)32(2,3)4;1-6-36-22-13-21-20(12-18(22)25(34)37-7-2)32-24(33(21)15-23(29)30)11-17-10-16(8-9-19(17)28)14-31-26(35)27(3,4)5;7-5-1-3-6(8)4-2-5;;;;/h6-12,15-16,29H,5,13-14,17-18H2,1-4H3,(H,37,41);8-10,12-13,23H,6-7,11,14-15H2,1-5H3,(H,31,35);1-4H,8H2;3*1H3;. The lowest BCUT2D eigenvalue weighted by molar-refractivity contribution is -0.129. The zero-order valence-corrected chi connectivity index (χ0v) is 59.3. The molecule has 4 N–H and O–H groups in total. The Morgan fingerprint density at radius 2 is 0.967 bits per heavy atom. The normalized spacial score (nSPS) is 11.3. The highest BCUT2D eigenvalue weighted by atomic mass is 79.9. The summed E-state index contributed by atoms with van der Waals surface area (Å²) in [5.41, 5.74) is 11.1. The number of ketones is 1. The van der Waals surface area contributed by atoms with Crippen molar-refractivity contribution < 1.29 is 51.0 Å². The summed E-state index contributed by atoms with van der Waals surface area (Å²) in [6.45, 7) is 16.4. The first kappa shape index (κ1) is 75.3. The lowest BCUT2D eigenvalue weighted by Crippen LogP contribution is -2.34. The van der Waals surface area contributed by atoms with Gasteiger partial charge in [0, 0.05) is 80.0 Å². The predicted molar refractivity (Wildman–Crippen MR) is 365 cm³/mol. The third-order valence-electron chi connectivity index (χ3n) is 13.2. The molecule has 0 fully saturated rings. The fraction of sp³-hybridized carbons (Fsp3) is 0.382. The predicted octanol–water partition coefficient (Wildman–Crippen LogP) is 17.0. The number of nitrogens with zero attached hydrogens (tertiary/aromatic N) is 4. The summed E-state index contributed by atoms with van der Waals surface area (Å²) in [6.07, 6.45) is -4.78. The number of benzene rings is 6. The molecule has 0 radical (unpaired) electrons. The van der Waals surface area contributed by atoms with Crippen molar-refractivity contribution in [2.24, 2.45) is 10.8 Å². The second-order valence-electron chi connectivity index (χ2n) is 23.9. The van der Waals surface area contributed by atoms with Crippen molar-refractivity contribution in [3.05, 3.63) is 179 Å². The van der Waals surface area contributed by atoms with Crippen LogP contribution in [-0.4, -0.2) is 89.5 Å². The van der Waals surface area contributed by atoms with Gasteiger partial charge in [-0.15, -0.1) is 17.4 Å². The Bertz CT molecular complexity index is 3740. The van der Waals surface area contributed by atoms with Crippen LogP contribution in [-0.2, 0) is 59.8 Å². The van der Waals surface area contributed by atoms with Crippen molar-refractivity contribution in [2.75, 3.05) is 25.6 Å². The number of aromatic nitrogens is 4. The van der Waals surface area contributed by atoms with E-state index in [0.717, 1.165) is 31.3 Å². The lowest BCUT2D eigenvalue weighted by Gasteiger charge is -2.18. The van der Waals surface area contributed by atoms with Gasteiger partial charge in [-0.25, -0.2) is 32.3 Å². The van der Waals surface area contributed by atoms with Crippen LogP contribution in [0.5, 0.6) is 11.5 Å². The number of alkyl halides is 4. The molecule has 0 aliphatic carbocycles. The Morgan fingerprint density at radius 1 is 0.582 bits per heavy atom. The molecule has 488 valence electrons. The number of ether oxygens (including phenoxy) is 3. The van der Waals surface area contributed by atoms with Crippen molar-refractivity contribution in [3.63, 3.8) is 0 Å². The fourth-order valence-corrected chi connectivity index (χ4v) is 9.72. The minimum absolute atomic E-state index is 0.0895. The molecular weight excluding hydrogens is 1360 g/mol. The quantitative estimate of drug-likeness (QED) is 0.0206. The van der Waals surface area contributed by atoms with Crippen LogP contribution in [0, 0.1) is 10.8 Å². The van der Waals surface area contributed by atoms with Crippen LogP contribution in [0.25, 0.3) is 22.1 Å². The van der Waals surface area contributed by atoms with Gasteiger partial charge in [-0.3, -0.25) is 14.4 Å². The van der Waals surface area contributed by atoms with Gasteiger partial charge in [-0.1, -0.05) is 133 Å². The number of imidazole rings is 2. The van der Waals surface area contributed by atoms with E-state index in [1.165, 1.54) is 15.2 Å². The SMILES string of the molecule is CCOC(=O)c1cc2nc(Cc3cc(CNC(=O)C(C)(C)C)ccc3Cl)n(CC(F)F)c2cc1OCC.CCOc1cc2c(cc1C(=O)Cc1ccc(Br)cc1)nc(Cc1cc(CNC(=O)C(C)(C)C)ccc1Cl)n2CC(F)F.Nc1ccc(Br)cc1.[CH3][Al]([CH3])[CH3]. The van der Waals surface area contributed by atoms with Crippen molar-refractivity contribution in [3.8, 4) is 11.5 Å². The number of hydrogen-bond donors (Lipinski definition) is 3. The zero-order chi connectivity index (χ0) is 67.5. The highest BCUT2D eigenvalue weighted by Gasteiger charge is 2.26. The number of nitrogens with one attached hydrogen (secondary N) is 2. The molecule has 0 saturated heterocycles. The first-order chi connectivity index (χ1) is 42.8. The van der Waals surface area contributed by atoms with Crippen molar-refractivity contribution in [1.82, 2.24) is 29.7 Å². The molecule has 6 aromatic carbocycles. The molecule has 0 aliphatic rings. The second kappa shape index (κ2) is 35.0. The van der Waals surface area contributed by atoms with E-state index in [1.807, 2.05) is 108 Å². The minimum Gasteiger partial charge on any atom is -0.493 e. The smallest absolute Gasteiger partial charge is 0.341 e. The van der Waals surface area contributed by atoms with Crippen LogP contribution in [0.2, 0.25) is 27.4 Å². The molecule has 0 bridgehead atoms. The van der Waals surface area contributed by atoms with Crippen LogP contribution >= 0.6 is 55.1 Å². The number of amides is 2. The van der Waals surface area contributed by atoms with Crippen LogP contribution in [0.15, 0.2) is 118 Å². The maximum Gasteiger partial charge on any atom is 0.341 e. The van der Waals surface area contributed by atoms with E-state index in [2.05, 4.69) is 69.8 Å². The highest BCUT2D eigenvalue weighted by molar-refractivity contribution is 9.10. The second-order valence-corrected chi connectivity index (χ2v) is 30.0. The number of esters is 1. The molecule has 2 amide bonds. The maximum atomic E-state index is 13.8. The third kappa shape index (κ3) is 23.3. The number of halogens is 8. The average molecular weight is 1440 g/mol. The molecule has 0 aliphatic heterocycles. The molecular formula is C68H80AlBr2Cl2F4N7O7. The van der Waals surface area contributed by atoms with Gasteiger partial charge in [-0.05, 0) is 109 Å². The number of nitrogens with two attached hydrogens (primary N) is 1. The number of fused-ring (bicyclic) bond motifs is 2. The van der Waals surface area contributed by atoms with E-state index in [1.54, 1.807) is 57.2 Å². The number of Topliss-reactive ketones (excluding diaryl/α,β-unsaturated/α-hetero) is 1. The third-order valence-corrected chi connectivity index (χ3v) is 15.0. The fourth-order valence-electron chi connectivity index (χ4n) is 8.82. The molecule has 14 nitrogen and oxygen atoms in total. The van der Waals surface area contributed by atoms with Gasteiger partial charge < -0.3 is 39.7 Å². The number of carbonyl (C=O) groups is 4. The van der Waals surface area contributed by atoms with Crippen molar-refractivity contribution in [2.45, 2.75) is 138 Å². The number of rotatable bonds is 21. The summed E-state index contributed by atoms with van der Waals surface area (Å²) in [5.74, 6) is 7.29. The molecule has 8 rings (SSSR count). The largest absolute Gasteiger partial charge is 0.493 e. The summed E-state index contributed by atoms with van der Waals surface area (Å²) in [7, 11) is 0. The Balaban J connectivity index is 0.000000280. The Morgan fingerprint density at radius 3 is 1.34 bits per heavy atom. The molecule has 8 aromatic rings. The van der Waals surface area contributed by atoms with Gasteiger partial charge in [-0.2, -0.15) is 0 Å². The van der Waals surface area contributed by atoms with Gasteiger partial charge >= 0.3 is 5.97 Å². The van der Waals surface area contributed by atoms with Gasteiger partial charge in [0.05, 0.1) is 60.5 Å².